The molecule has 1 aliphatic heterocycles. The predicted octanol–water partition coefficient (Wildman–Crippen LogP) is 5.75. The molecule has 0 radical (unpaired) electrons. The first kappa shape index (κ1) is 44.1. The first-order valence-corrected chi connectivity index (χ1v) is 18.6. The van der Waals surface area contributed by atoms with Crippen LogP contribution >= 0.6 is 0 Å². The van der Waals surface area contributed by atoms with E-state index < -0.39 is 47.5 Å². The Morgan fingerprint density at radius 1 is 0.831 bits per heavy atom. The van der Waals surface area contributed by atoms with Gasteiger partial charge in [0.1, 0.15) is 6.54 Å². The van der Waals surface area contributed by atoms with Gasteiger partial charge in [-0.1, -0.05) is 67.6 Å². The Morgan fingerprint density at radius 3 is 2.02 bits per heavy atom. The van der Waals surface area contributed by atoms with Crippen LogP contribution in [0.15, 0.2) is 102 Å². The molecule has 0 aliphatic carbocycles. The molecule has 1 fully saturated rings. The lowest BCUT2D eigenvalue weighted by Gasteiger charge is -2.31. The molecule has 1 aliphatic rings. The van der Waals surface area contributed by atoms with Gasteiger partial charge in [-0.3, -0.25) is 9.59 Å². The highest BCUT2D eigenvalue weighted by molar-refractivity contribution is 5.84. The van der Waals surface area contributed by atoms with Crippen molar-refractivity contribution in [2.45, 2.75) is 63.7 Å². The topological polar surface area (TPSA) is 161 Å². The van der Waals surface area contributed by atoms with E-state index in [2.05, 4.69) is 11.8 Å². The number of aliphatic hydroxyl groups excluding tert-OH is 2. The lowest BCUT2D eigenvalue weighted by Crippen LogP contribution is -2.43. The van der Waals surface area contributed by atoms with Crippen molar-refractivity contribution in [3.05, 3.63) is 141 Å². The molecule has 1 saturated heterocycles. The number of carboxylic acid groups (broad SMARTS) is 2. The SMILES string of the molecule is CCN1CCC(N(Cc2ccc(-c3ccc(C(F)(F)F)cc3)cc2)C(=O)Cn2c(CCc3cccc(F)c3F)cc(=O)c3ccccc32)C1.O=C(O)[C@H](O)[C@@H](O)C(=O)O. The van der Waals surface area contributed by atoms with E-state index >= 15 is 0 Å². The third kappa shape index (κ3) is 11.0. The number of likely N-dealkylation sites (N-methyl/N-ethyl adjacent to an activating group) is 1. The predicted molar refractivity (Wildman–Crippen MR) is 207 cm³/mol. The van der Waals surface area contributed by atoms with Gasteiger partial charge in [0.25, 0.3) is 0 Å². The number of nitrogens with zero attached hydrogens (tertiary/aromatic N) is 3. The largest absolute Gasteiger partial charge is 0.479 e. The number of aromatic nitrogens is 1. The highest BCUT2D eigenvalue weighted by Crippen LogP contribution is 2.31. The molecule has 5 aromatic rings. The van der Waals surface area contributed by atoms with Crippen molar-refractivity contribution < 1.29 is 56.8 Å². The molecule has 1 aromatic heterocycles. The number of hydrogen-bond acceptors (Lipinski definition) is 7. The number of fused-ring (bicyclic) bond motifs is 1. The maximum atomic E-state index is 14.5. The summed E-state index contributed by atoms with van der Waals surface area (Å²) in [6.07, 6.45) is -7.80. The third-order valence-corrected chi connectivity index (χ3v) is 10.2. The van der Waals surface area contributed by atoms with Gasteiger partial charge < -0.3 is 34.8 Å². The quantitative estimate of drug-likeness (QED) is 0.109. The number of likely N-dealkylation sites (tertiary alicyclic amines) is 1. The summed E-state index contributed by atoms with van der Waals surface area (Å²) in [5.41, 5.74) is 2.66. The molecule has 2 heterocycles. The molecule has 4 aromatic carbocycles. The average molecular weight is 824 g/mol. The molecule has 0 bridgehead atoms. The van der Waals surface area contributed by atoms with E-state index in [0.29, 0.717) is 35.2 Å². The molecule has 312 valence electrons. The molecule has 11 nitrogen and oxygen atoms in total. The van der Waals surface area contributed by atoms with E-state index in [4.69, 9.17) is 20.4 Å². The minimum Gasteiger partial charge on any atom is -0.479 e. The first-order chi connectivity index (χ1) is 28.0. The Labute approximate surface area is 335 Å². The van der Waals surface area contributed by atoms with E-state index in [0.717, 1.165) is 48.8 Å². The third-order valence-electron chi connectivity index (χ3n) is 10.2. The summed E-state index contributed by atoms with van der Waals surface area (Å²) in [6, 6.07) is 24.9. The standard InChI is InChI=1S/C39H36F5N3O2.C4H6O6/c1-2-45-21-20-32(24-45)47(23-26-10-12-27(13-11-26)28-14-17-30(18-15-28)39(42,43)44)37(49)25-46-31(19-16-29-6-5-8-34(40)38(29)41)22-36(48)33-7-3-4-9-35(33)46;5-1(3(7)8)2(6)4(9)10/h3-15,17-18,22,32H,2,16,19-21,23-25H2,1H3;1-2,5-6H,(H,7,8)(H,9,10)/t;1-,2-/m.1/s1. The number of carbonyl (C=O) groups excluding carboxylic acids is 1. The summed E-state index contributed by atoms with van der Waals surface area (Å²) >= 11 is 0. The first-order valence-electron chi connectivity index (χ1n) is 18.6. The monoisotopic (exact) mass is 823 g/mol. The number of benzene rings is 4. The van der Waals surface area contributed by atoms with E-state index in [1.54, 1.807) is 24.3 Å². The fourth-order valence-electron chi connectivity index (χ4n) is 6.90. The summed E-state index contributed by atoms with van der Waals surface area (Å²) in [7, 11) is 0. The van der Waals surface area contributed by atoms with Gasteiger partial charge in [0.2, 0.25) is 5.91 Å². The average Bonchev–Trinajstić information content (AvgIpc) is 3.70. The summed E-state index contributed by atoms with van der Waals surface area (Å²) in [6.45, 7) is 4.75. The summed E-state index contributed by atoms with van der Waals surface area (Å²) in [5.74, 6) is -5.55. The molecule has 0 saturated carbocycles. The van der Waals surface area contributed by atoms with Gasteiger partial charge in [-0.05, 0) is 78.4 Å². The fraction of sp³-hybridized carbons (Fsp3) is 0.302. The van der Waals surface area contributed by atoms with Crippen LogP contribution in [0.4, 0.5) is 22.0 Å². The Hall–Kier alpha value is -5.97. The number of hydrogen-bond donors (Lipinski definition) is 4. The Bertz CT molecular complexity index is 2320. The number of aryl methyl sites for hydroxylation is 2. The van der Waals surface area contributed by atoms with Crippen LogP contribution in [0.1, 0.15) is 35.7 Å². The van der Waals surface area contributed by atoms with Crippen LogP contribution in [0.25, 0.3) is 22.0 Å². The van der Waals surface area contributed by atoms with Crippen LogP contribution in [0, 0.1) is 11.6 Å². The zero-order chi connectivity index (χ0) is 43.0. The Balaban J connectivity index is 0.000000586. The van der Waals surface area contributed by atoms with Gasteiger partial charge in [-0.25, -0.2) is 18.4 Å². The molecular formula is C43H42F5N3O8. The number of carbonyl (C=O) groups is 3. The number of aliphatic carboxylic acids is 2. The minimum absolute atomic E-state index is 0.0578. The van der Waals surface area contributed by atoms with Crippen molar-refractivity contribution in [2.24, 2.45) is 0 Å². The molecule has 16 heteroatoms. The van der Waals surface area contributed by atoms with Crippen LogP contribution in [-0.4, -0.2) is 90.5 Å². The second kappa shape index (κ2) is 19.2. The minimum atomic E-state index is -4.41. The fourth-order valence-corrected chi connectivity index (χ4v) is 6.90. The summed E-state index contributed by atoms with van der Waals surface area (Å²) in [4.78, 5) is 51.2. The van der Waals surface area contributed by atoms with Crippen LogP contribution in [-0.2, 0) is 46.5 Å². The van der Waals surface area contributed by atoms with Crippen molar-refractivity contribution in [3.8, 4) is 11.1 Å². The van der Waals surface area contributed by atoms with E-state index in [9.17, 15) is 41.1 Å². The van der Waals surface area contributed by atoms with Crippen LogP contribution < -0.4 is 5.43 Å². The van der Waals surface area contributed by atoms with Crippen molar-refractivity contribution in [1.82, 2.24) is 14.4 Å². The van der Waals surface area contributed by atoms with Crippen molar-refractivity contribution in [3.63, 3.8) is 0 Å². The number of amides is 1. The number of halogens is 5. The van der Waals surface area contributed by atoms with Crippen LogP contribution in [0.3, 0.4) is 0 Å². The van der Waals surface area contributed by atoms with E-state index in [1.807, 2.05) is 33.7 Å². The van der Waals surface area contributed by atoms with Gasteiger partial charge in [0.05, 0.1) is 11.1 Å². The molecule has 0 spiro atoms. The molecule has 1 unspecified atom stereocenters. The lowest BCUT2D eigenvalue weighted by atomic mass is 10.0. The molecule has 4 N–H and O–H groups in total. The molecule has 59 heavy (non-hydrogen) atoms. The van der Waals surface area contributed by atoms with Crippen LogP contribution in [0.2, 0.25) is 0 Å². The smallest absolute Gasteiger partial charge is 0.416 e. The maximum absolute atomic E-state index is 14.5. The molecule has 1 amide bonds. The number of carboxylic acids is 2. The van der Waals surface area contributed by atoms with Crippen molar-refractivity contribution in [2.75, 3.05) is 19.6 Å². The summed E-state index contributed by atoms with van der Waals surface area (Å²) in [5, 5.41) is 33.0. The van der Waals surface area contributed by atoms with Gasteiger partial charge in [0, 0.05) is 42.8 Å². The molecule has 6 rings (SSSR count). The zero-order valence-corrected chi connectivity index (χ0v) is 31.8. The van der Waals surface area contributed by atoms with E-state index in [1.165, 1.54) is 30.3 Å². The van der Waals surface area contributed by atoms with Gasteiger partial charge in [0.15, 0.2) is 29.3 Å². The number of rotatable bonds is 13. The molecule has 3 atom stereocenters. The van der Waals surface area contributed by atoms with Gasteiger partial charge >= 0.3 is 18.1 Å². The number of aliphatic hydroxyl groups is 2. The highest BCUT2D eigenvalue weighted by Gasteiger charge is 2.32. The second-order valence-electron chi connectivity index (χ2n) is 14.0. The number of pyridine rings is 1. The maximum Gasteiger partial charge on any atom is 0.416 e. The normalized spacial score (nSPS) is 15.3. The van der Waals surface area contributed by atoms with Crippen LogP contribution in [0.5, 0.6) is 0 Å². The Kier molecular flexibility index (Phi) is 14.4. The second-order valence-corrected chi connectivity index (χ2v) is 14.0. The number of para-hydroxylation sites is 1. The summed E-state index contributed by atoms with van der Waals surface area (Å²) < 4.78 is 69.4. The van der Waals surface area contributed by atoms with Crippen molar-refractivity contribution >= 4 is 28.7 Å². The zero-order valence-electron chi connectivity index (χ0n) is 31.8. The van der Waals surface area contributed by atoms with E-state index in [-0.39, 0.29) is 42.3 Å². The molecular weight excluding hydrogens is 781 g/mol. The van der Waals surface area contributed by atoms with Gasteiger partial charge in [-0.2, -0.15) is 13.2 Å². The van der Waals surface area contributed by atoms with Crippen molar-refractivity contribution in [1.29, 1.82) is 0 Å². The van der Waals surface area contributed by atoms with Gasteiger partial charge in [-0.15, -0.1) is 0 Å². The lowest BCUT2D eigenvalue weighted by molar-refractivity contribution is -0.165. The highest BCUT2D eigenvalue weighted by atomic mass is 19.4. The number of alkyl halides is 3. The Morgan fingerprint density at radius 2 is 1.44 bits per heavy atom.